The lowest BCUT2D eigenvalue weighted by Crippen LogP contribution is -2.38. The van der Waals surface area contributed by atoms with E-state index in [4.69, 9.17) is 9.84 Å². The number of H-pyrrole nitrogens is 1. The largest absolute Gasteiger partial charge is 0.394 e. The zero-order chi connectivity index (χ0) is 17.4. The SMILES string of the molecule is CC(C)(C)C#Cc1cn(C2O[C@H](CO)[C@@H](O)[C@H]2O)c(=O)[nH]c1=O. The summed E-state index contributed by atoms with van der Waals surface area (Å²) in [7, 11) is 0. The first-order valence-electron chi connectivity index (χ1n) is 7.15. The van der Waals surface area contributed by atoms with Crippen LogP contribution in [0.25, 0.3) is 0 Å². The third-order valence-corrected chi connectivity index (χ3v) is 3.33. The number of hydrogen-bond acceptors (Lipinski definition) is 6. The van der Waals surface area contributed by atoms with Crippen molar-refractivity contribution in [1.29, 1.82) is 0 Å². The van der Waals surface area contributed by atoms with Crippen LogP contribution in [-0.4, -0.2) is 49.8 Å². The average molecular weight is 324 g/mol. The van der Waals surface area contributed by atoms with Gasteiger partial charge >= 0.3 is 5.69 Å². The first-order chi connectivity index (χ1) is 10.6. The van der Waals surface area contributed by atoms with Gasteiger partial charge in [-0.05, 0) is 20.8 Å². The monoisotopic (exact) mass is 324 g/mol. The first-order valence-corrected chi connectivity index (χ1v) is 7.15. The van der Waals surface area contributed by atoms with E-state index in [1.54, 1.807) is 0 Å². The van der Waals surface area contributed by atoms with Gasteiger partial charge in [0.1, 0.15) is 23.9 Å². The normalized spacial score (nSPS) is 27.6. The van der Waals surface area contributed by atoms with Gasteiger partial charge in [-0.1, -0.05) is 11.8 Å². The molecule has 0 spiro atoms. The number of nitrogens with one attached hydrogen (secondary N) is 1. The number of nitrogens with zero attached hydrogens (tertiary/aromatic N) is 1. The Labute approximate surface area is 132 Å². The molecular weight excluding hydrogens is 304 g/mol. The summed E-state index contributed by atoms with van der Waals surface area (Å²) >= 11 is 0. The zero-order valence-corrected chi connectivity index (χ0v) is 13.1. The van der Waals surface area contributed by atoms with Crippen molar-refractivity contribution in [2.45, 2.75) is 45.3 Å². The molecule has 2 rings (SSSR count). The molecule has 1 saturated heterocycles. The number of rotatable bonds is 2. The van der Waals surface area contributed by atoms with E-state index in [2.05, 4.69) is 16.8 Å². The zero-order valence-electron chi connectivity index (χ0n) is 13.1. The van der Waals surface area contributed by atoms with Crippen molar-refractivity contribution in [2.75, 3.05) is 6.61 Å². The quantitative estimate of drug-likeness (QED) is 0.493. The lowest BCUT2D eigenvalue weighted by atomic mass is 9.98. The molecule has 0 aromatic carbocycles. The number of aromatic nitrogens is 2. The molecule has 126 valence electrons. The number of aliphatic hydroxyl groups excluding tert-OH is 3. The number of aromatic amines is 1. The molecule has 8 nitrogen and oxygen atoms in total. The van der Waals surface area contributed by atoms with Gasteiger partial charge in [0.05, 0.1) is 6.61 Å². The molecule has 8 heteroatoms. The van der Waals surface area contributed by atoms with E-state index >= 15 is 0 Å². The molecule has 0 saturated carbocycles. The lowest BCUT2D eigenvalue weighted by Gasteiger charge is -2.17. The Bertz CT molecular complexity index is 748. The van der Waals surface area contributed by atoms with Gasteiger partial charge in [-0.25, -0.2) is 4.79 Å². The molecule has 1 unspecified atom stereocenters. The van der Waals surface area contributed by atoms with Gasteiger partial charge in [0.2, 0.25) is 0 Å². The Balaban J connectivity index is 2.46. The molecule has 1 aromatic heterocycles. The van der Waals surface area contributed by atoms with Crippen LogP contribution in [0, 0.1) is 17.3 Å². The Hall–Kier alpha value is -1.92. The topological polar surface area (TPSA) is 125 Å². The van der Waals surface area contributed by atoms with Gasteiger partial charge in [0.25, 0.3) is 5.56 Å². The van der Waals surface area contributed by atoms with E-state index in [-0.39, 0.29) is 11.0 Å². The van der Waals surface area contributed by atoms with Crippen molar-refractivity contribution < 1.29 is 20.1 Å². The summed E-state index contributed by atoms with van der Waals surface area (Å²) in [5.41, 5.74) is -1.74. The van der Waals surface area contributed by atoms with Crippen LogP contribution in [0.1, 0.15) is 32.6 Å². The Morgan fingerprint density at radius 3 is 2.48 bits per heavy atom. The third-order valence-electron chi connectivity index (χ3n) is 3.33. The third kappa shape index (κ3) is 3.71. The molecule has 0 aliphatic carbocycles. The van der Waals surface area contributed by atoms with E-state index in [0.29, 0.717) is 0 Å². The van der Waals surface area contributed by atoms with Gasteiger partial charge < -0.3 is 20.1 Å². The highest BCUT2D eigenvalue weighted by molar-refractivity contribution is 5.31. The van der Waals surface area contributed by atoms with Gasteiger partial charge in [0.15, 0.2) is 6.23 Å². The standard InChI is InChI=1S/C15H20N2O6/c1-15(2,3)5-4-8-6-17(14(22)16-12(8)21)13-11(20)10(19)9(7-18)23-13/h6,9-11,13,18-20H,7H2,1-3H3,(H,16,21,22)/t9-,10-,11-,13?/m1/s1. The van der Waals surface area contributed by atoms with Gasteiger partial charge in [-0.3, -0.25) is 14.3 Å². The second-order valence-corrected chi connectivity index (χ2v) is 6.44. The molecule has 0 amide bonds. The number of ether oxygens (including phenoxy) is 1. The summed E-state index contributed by atoms with van der Waals surface area (Å²) in [6.45, 7) is 5.10. The summed E-state index contributed by atoms with van der Waals surface area (Å²) in [5, 5.41) is 28.8. The highest BCUT2D eigenvalue weighted by atomic mass is 16.6. The first kappa shape index (κ1) is 17.4. The van der Waals surface area contributed by atoms with Crippen LogP contribution in [0.5, 0.6) is 0 Å². The van der Waals surface area contributed by atoms with Crippen LogP contribution in [-0.2, 0) is 4.74 Å². The van der Waals surface area contributed by atoms with E-state index in [1.807, 2.05) is 20.8 Å². The molecule has 2 heterocycles. The molecular formula is C15H20N2O6. The minimum Gasteiger partial charge on any atom is -0.394 e. The van der Waals surface area contributed by atoms with E-state index in [9.17, 15) is 19.8 Å². The minimum absolute atomic E-state index is 0.0391. The van der Waals surface area contributed by atoms with E-state index in [1.165, 1.54) is 6.20 Å². The maximum atomic E-state index is 12.0. The van der Waals surface area contributed by atoms with Crippen molar-refractivity contribution in [3.63, 3.8) is 0 Å². The fraction of sp³-hybridized carbons (Fsp3) is 0.600. The predicted octanol–water partition coefficient (Wildman–Crippen LogP) is -1.45. The number of aliphatic hydroxyl groups is 3. The van der Waals surface area contributed by atoms with Crippen LogP contribution < -0.4 is 11.2 Å². The van der Waals surface area contributed by atoms with Crippen molar-refractivity contribution in [3.05, 3.63) is 32.6 Å². The average Bonchev–Trinajstić information content (AvgIpc) is 2.73. The van der Waals surface area contributed by atoms with Crippen LogP contribution >= 0.6 is 0 Å². The van der Waals surface area contributed by atoms with Crippen LogP contribution in [0.2, 0.25) is 0 Å². The maximum absolute atomic E-state index is 12.0. The van der Waals surface area contributed by atoms with Crippen molar-refractivity contribution in [2.24, 2.45) is 5.41 Å². The van der Waals surface area contributed by atoms with Gasteiger partial charge in [-0.2, -0.15) is 0 Å². The maximum Gasteiger partial charge on any atom is 0.330 e. The predicted molar refractivity (Wildman–Crippen MR) is 80.7 cm³/mol. The summed E-state index contributed by atoms with van der Waals surface area (Å²) in [6.07, 6.45) is -3.81. The molecule has 1 aliphatic rings. The molecule has 1 aliphatic heterocycles. The summed E-state index contributed by atoms with van der Waals surface area (Å²) in [4.78, 5) is 25.9. The summed E-state index contributed by atoms with van der Waals surface area (Å²) in [6, 6.07) is 0. The van der Waals surface area contributed by atoms with Crippen LogP contribution in [0.15, 0.2) is 15.8 Å². The van der Waals surface area contributed by atoms with Crippen molar-refractivity contribution >= 4 is 0 Å². The van der Waals surface area contributed by atoms with E-state index < -0.39 is 42.4 Å². The fourth-order valence-electron chi connectivity index (χ4n) is 2.13. The molecule has 1 aromatic rings. The van der Waals surface area contributed by atoms with Crippen LogP contribution in [0.4, 0.5) is 0 Å². The van der Waals surface area contributed by atoms with Gasteiger partial charge in [-0.15, -0.1) is 0 Å². The highest BCUT2D eigenvalue weighted by Gasteiger charge is 2.43. The second-order valence-electron chi connectivity index (χ2n) is 6.44. The van der Waals surface area contributed by atoms with Crippen LogP contribution in [0.3, 0.4) is 0 Å². The Kier molecular flexibility index (Phi) is 4.77. The smallest absolute Gasteiger partial charge is 0.330 e. The van der Waals surface area contributed by atoms with Crippen molar-refractivity contribution in [1.82, 2.24) is 9.55 Å². The summed E-state index contributed by atoms with van der Waals surface area (Å²) < 4.78 is 6.24. The molecule has 23 heavy (non-hydrogen) atoms. The van der Waals surface area contributed by atoms with Crippen molar-refractivity contribution in [3.8, 4) is 11.8 Å². The Morgan fingerprint density at radius 2 is 1.96 bits per heavy atom. The summed E-state index contributed by atoms with van der Waals surface area (Å²) in [5.74, 6) is 5.57. The molecule has 4 atom stereocenters. The second kappa shape index (κ2) is 6.29. The molecule has 1 fully saturated rings. The fourth-order valence-corrected chi connectivity index (χ4v) is 2.13. The lowest BCUT2D eigenvalue weighted by molar-refractivity contribution is -0.0550. The molecule has 0 radical (unpaired) electrons. The number of hydrogen-bond donors (Lipinski definition) is 4. The molecule has 4 N–H and O–H groups in total. The Morgan fingerprint density at radius 1 is 1.30 bits per heavy atom. The van der Waals surface area contributed by atoms with Gasteiger partial charge in [0, 0.05) is 11.6 Å². The molecule has 0 bridgehead atoms. The highest BCUT2D eigenvalue weighted by Crippen LogP contribution is 2.27. The van der Waals surface area contributed by atoms with E-state index in [0.717, 1.165) is 4.57 Å². The minimum atomic E-state index is -1.42.